The van der Waals surface area contributed by atoms with Crippen LogP contribution in [0, 0.1) is 6.92 Å². The van der Waals surface area contributed by atoms with Crippen molar-refractivity contribution < 1.29 is 0 Å². The summed E-state index contributed by atoms with van der Waals surface area (Å²) in [5.41, 5.74) is 10.9. The van der Waals surface area contributed by atoms with Gasteiger partial charge in [0, 0.05) is 23.5 Å². The molecule has 0 radical (unpaired) electrons. The van der Waals surface area contributed by atoms with Crippen molar-refractivity contribution in [2.75, 3.05) is 11.1 Å². The van der Waals surface area contributed by atoms with Gasteiger partial charge in [-0.2, -0.15) is 0 Å². The average Bonchev–Trinajstić information content (AvgIpc) is 2.45. The van der Waals surface area contributed by atoms with Gasteiger partial charge in [0.25, 0.3) is 0 Å². The van der Waals surface area contributed by atoms with Gasteiger partial charge in [0.2, 0.25) is 0 Å². The van der Waals surface area contributed by atoms with Crippen molar-refractivity contribution in [3.63, 3.8) is 0 Å². The van der Waals surface area contributed by atoms with E-state index in [1.54, 1.807) is 0 Å². The largest absolute Gasteiger partial charge is 0.399 e. The van der Waals surface area contributed by atoms with Crippen molar-refractivity contribution in [1.29, 1.82) is 0 Å². The number of anilines is 2. The Labute approximate surface area is 138 Å². The van der Waals surface area contributed by atoms with Crippen LogP contribution in [0.1, 0.15) is 65.9 Å². The number of benzene rings is 1. The Morgan fingerprint density at radius 2 is 1.68 bits per heavy atom. The Hall–Kier alpha value is -1.70. The second kappa shape index (κ2) is 14.2. The molecule has 0 aliphatic rings. The number of hydrogen-bond acceptors (Lipinski definition) is 2. The van der Waals surface area contributed by atoms with E-state index in [2.05, 4.69) is 39.2 Å². The SMILES string of the molecule is C=C(CCC)CC(=C)Nc1ccc(N)cc1C.CC.CCC. The Morgan fingerprint density at radius 1 is 1.14 bits per heavy atom. The highest BCUT2D eigenvalue weighted by atomic mass is 14.9. The van der Waals surface area contributed by atoms with Crippen molar-refractivity contribution >= 4 is 11.4 Å². The van der Waals surface area contributed by atoms with E-state index < -0.39 is 0 Å². The van der Waals surface area contributed by atoms with Crippen LogP contribution in [-0.4, -0.2) is 0 Å². The van der Waals surface area contributed by atoms with E-state index in [9.17, 15) is 0 Å². The van der Waals surface area contributed by atoms with Crippen LogP contribution >= 0.6 is 0 Å². The predicted octanol–water partition coefficient (Wildman–Crippen LogP) is 6.69. The number of hydrogen-bond donors (Lipinski definition) is 2. The first kappa shape index (κ1) is 22.6. The molecular weight excluding hydrogens is 268 g/mol. The molecular formula is C20H36N2. The van der Waals surface area contributed by atoms with Crippen molar-refractivity contribution in [3.05, 3.63) is 48.2 Å². The summed E-state index contributed by atoms with van der Waals surface area (Å²) in [6.45, 7) is 20.5. The number of nitrogen functional groups attached to an aromatic ring is 1. The van der Waals surface area contributed by atoms with Crippen molar-refractivity contribution in [2.45, 2.75) is 67.2 Å². The van der Waals surface area contributed by atoms with Crippen LogP contribution in [0.5, 0.6) is 0 Å². The van der Waals surface area contributed by atoms with Gasteiger partial charge >= 0.3 is 0 Å². The molecule has 0 atom stereocenters. The number of rotatable bonds is 6. The first-order valence-electron chi connectivity index (χ1n) is 8.42. The van der Waals surface area contributed by atoms with Crippen LogP contribution in [0.15, 0.2) is 42.6 Å². The summed E-state index contributed by atoms with van der Waals surface area (Å²) in [5, 5.41) is 3.32. The molecule has 1 aromatic carbocycles. The molecule has 0 bridgehead atoms. The quantitative estimate of drug-likeness (QED) is 0.453. The molecule has 0 unspecified atom stereocenters. The normalized spacial score (nSPS) is 8.82. The standard InChI is InChI=1S/C15H22N2.C3H8.C2H6/c1-5-6-11(2)9-13(4)17-15-8-7-14(16)10-12(15)3;1-3-2;1-2/h7-8,10,17H,2,4-6,9,16H2,1,3H3;3H2,1-2H3;1-2H3. The molecule has 0 aliphatic carbocycles. The number of allylic oxidation sites excluding steroid dienone is 1. The first-order valence-corrected chi connectivity index (χ1v) is 8.42. The average molecular weight is 305 g/mol. The van der Waals surface area contributed by atoms with E-state index in [1.807, 2.05) is 39.0 Å². The van der Waals surface area contributed by atoms with Crippen LogP contribution in [0.25, 0.3) is 0 Å². The monoisotopic (exact) mass is 304 g/mol. The van der Waals surface area contributed by atoms with Crippen LogP contribution < -0.4 is 11.1 Å². The summed E-state index contributed by atoms with van der Waals surface area (Å²) in [6, 6.07) is 5.83. The molecule has 1 aromatic rings. The zero-order chi connectivity index (χ0) is 17.5. The molecule has 2 heteroatoms. The van der Waals surface area contributed by atoms with E-state index in [-0.39, 0.29) is 0 Å². The minimum absolute atomic E-state index is 0.786. The summed E-state index contributed by atoms with van der Waals surface area (Å²) < 4.78 is 0. The molecule has 1 rings (SSSR count). The number of nitrogens with two attached hydrogens (primary N) is 1. The third-order valence-corrected chi connectivity index (χ3v) is 2.63. The molecule has 2 nitrogen and oxygen atoms in total. The van der Waals surface area contributed by atoms with Crippen LogP contribution in [0.3, 0.4) is 0 Å². The summed E-state index contributed by atoms with van der Waals surface area (Å²) in [5.74, 6) is 0. The molecule has 0 fully saturated rings. The van der Waals surface area contributed by atoms with Crippen molar-refractivity contribution in [3.8, 4) is 0 Å². The van der Waals surface area contributed by atoms with Crippen LogP contribution in [0.4, 0.5) is 11.4 Å². The lowest BCUT2D eigenvalue weighted by atomic mass is 10.1. The third kappa shape index (κ3) is 11.0. The second-order valence-electron chi connectivity index (χ2n) is 5.19. The minimum atomic E-state index is 0.786. The van der Waals surface area contributed by atoms with Crippen molar-refractivity contribution in [1.82, 2.24) is 0 Å². The maximum Gasteiger partial charge on any atom is 0.0412 e. The van der Waals surface area contributed by atoms with E-state index in [0.717, 1.165) is 41.9 Å². The van der Waals surface area contributed by atoms with Gasteiger partial charge in [0.15, 0.2) is 0 Å². The number of nitrogens with one attached hydrogen (secondary N) is 1. The fraction of sp³-hybridized carbons (Fsp3) is 0.500. The highest BCUT2D eigenvalue weighted by Crippen LogP contribution is 2.21. The highest BCUT2D eigenvalue weighted by Gasteiger charge is 2.02. The maximum atomic E-state index is 5.71. The van der Waals surface area contributed by atoms with Gasteiger partial charge in [0.05, 0.1) is 0 Å². The third-order valence-electron chi connectivity index (χ3n) is 2.63. The molecule has 0 saturated carbocycles. The number of aryl methyl sites for hydroxylation is 1. The van der Waals surface area contributed by atoms with Crippen LogP contribution in [-0.2, 0) is 0 Å². The van der Waals surface area contributed by atoms with Gasteiger partial charge in [-0.3, -0.25) is 0 Å². The molecule has 0 aliphatic heterocycles. The Bertz CT molecular complexity index is 433. The van der Waals surface area contributed by atoms with E-state index >= 15 is 0 Å². The zero-order valence-electron chi connectivity index (χ0n) is 15.6. The predicted molar refractivity (Wildman–Crippen MR) is 104 cm³/mol. The van der Waals surface area contributed by atoms with E-state index in [0.29, 0.717) is 0 Å². The first-order chi connectivity index (χ1) is 10.4. The van der Waals surface area contributed by atoms with E-state index in [4.69, 9.17) is 5.73 Å². The Kier molecular flexibility index (Phi) is 14.6. The van der Waals surface area contributed by atoms with E-state index in [1.165, 1.54) is 12.0 Å². The maximum absolute atomic E-state index is 5.71. The Morgan fingerprint density at radius 3 is 2.14 bits per heavy atom. The van der Waals surface area contributed by atoms with Crippen molar-refractivity contribution in [2.24, 2.45) is 0 Å². The molecule has 0 heterocycles. The molecule has 22 heavy (non-hydrogen) atoms. The summed E-state index contributed by atoms with van der Waals surface area (Å²) in [7, 11) is 0. The lowest BCUT2D eigenvalue weighted by molar-refractivity contribution is 0.873. The van der Waals surface area contributed by atoms with Gasteiger partial charge in [-0.25, -0.2) is 0 Å². The topological polar surface area (TPSA) is 38.0 Å². The second-order valence-corrected chi connectivity index (χ2v) is 5.19. The lowest BCUT2D eigenvalue weighted by Crippen LogP contribution is -2.01. The lowest BCUT2D eigenvalue weighted by Gasteiger charge is -2.13. The smallest absolute Gasteiger partial charge is 0.0412 e. The zero-order valence-corrected chi connectivity index (χ0v) is 15.6. The van der Waals surface area contributed by atoms with Gasteiger partial charge in [0.1, 0.15) is 0 Å². The molecule has 126 valence electrons. The summed E-state index contributed by atoms with van der Waals surface area (Å²) in [6.07, 6.45) is 4.27. The molecule has 0 amide bonds. The van der Waals surface area contributed by atoms with Gasteiger partial charge < -0.3 is 11.1 Å². The molecule has 0 spiro atoms. The highest BCUT2D eigenvalue weighted by molar-refractivity contribution is 5.59. The molecule has 0 aromatic heterocycles. The fourth-order valence-corrected chi connectivity index (χ4v) is 1.81. The summed E-state index contributed by atoms with van der Waals surface area (Å²) >= 11 is 0. The fourth-order valence-electron chi connectivity index (χ4n) is 1.81. The Balaban J connectivity index is 0. The van der Waals surface area contributed by atoms with Gasteiger partial charge in [-0.1, -0.05) is 66.2 Å². The van der Waals surface area contributed by atoms with Gasteiger partial charge in [-0.05, 0) is 37.1 Å². The molecule has 3 N–H and O–H groups in total. The minimum Gasteiger partial charge on any atom is -0.399 e. The summed E-state index contributed by atoms with van der Waals surface area (Å²) in [4.78, 5) is 0. The van der Waals surface area contributed by atoms with Crippen LogP contribution in [0.2, 0.25) is 0 Å². The van der Waals surface area contributed by atoms with Gasteiger partial charge in [-0.15, -0.1) is 0 Å². The molecule has 0 saturated heterocycles.